The van der Waals surface area contributed by atoms with Crippen molar-refractivity contribution in [2.75, 3.05) is 12.4 Å². The van der Waals surface area contributed by atoms with Crippen LogP contribution in [0.4, 0.5) is 18.9 Å². The molecular weight excluding hydrogens is 441 g/mol. The Kier molecular flexibility index (Phi) is 5.46. The molecule has 2 aromatic heterocycles. The third kappa shape index (κ3) is 4.20. The van der Waals surface area contributed by atoms with Crippen LogP contribution in [0.25, 0.3) is 16.9 Å². The maximum atomic E-state index is 13.3. The zero-order valence-electron chi connectivity index (χ0n) is 16.9. The number of carbonyl (C=O) groups is 2. The number of nitrogens with zero attached hydrogens (tertiary/aromatic N) is 3. The average Bonchev–Trinajstić information content (AvgIpc) is 3.23. The molecule has 0 atom stereocenters. The first-order chi connectivity index (χ1) is 15.7. The normalized spacial score (nSPS) is 11.4. The lowest BCUT2D eigenvalue weighted by atomic mass is 10.1. The Balaban J connectivity index is 1.66. The van der Waals surface area contributed by atoms with Crippen LogP contribution in [0.5, 0.6) is 5.75 Å². The van der Waals surface area contributed by atoms with Crippen LogP contribution in [-0.2, 0) is 6.18 Å². The van der Waals surface area contributed by atoms with Crippen molar-refractivity contribution in [1.29, 1.82) is 0 Å². The van der Waals surface area contributed by atoms with Gasteiger partial charge in [0, 0.05) is 23.0 Å². The zero-order chi connectivity index (χ0) is 23.8. The highest BCUT2D eigenvalue weighted by Crippen LogP contribution is 2.36. The Hall–Kier alpha value is -4.41. The van der Waals surface area contributed by atoms with Gasteiger partial charge in [0.15, 0.2) is 5.65 Å². The van der Waals surface area contributed by atoms with Gasteiger partial charge >= 0.3 is 12.1 Å². The number of carboxylic acid groups (broad SMARTS) is 1. The van der Waals surface area contributed by atoms with Gasteiger partial charge in [-0.15, -0.1) is 0 Å². The van der Waals surface area contributed by atoms with E-state index >= 15 is 0 Å². The molecule has 4 aromatic rings. The van der Waals surface area contributed by atoms with Crippen LogP contribution >= 0.6 is 0 Å². The molecule has 0 aliphatic heterocycles. The molecule has 0 saturated heterocycles. The third-order valence-corrected chi connectivity index (χ3v) is 4.81. The summed E-state index contributed by atoms with van der Waals surface area (Å²) < 4.78 is 45.9. The van der Waals surface area contributed by atoms with E-state index < -0.39 is 23.6 Å². The molecule has 4 rings (SSSR count). The number of rotatable bonds is 5. The Morgan fingerprint density at radius 1 is 1.12 bits per heavy atom. The highest BCUT2D eigenvalue weighted by atomic mass is 19.4. The summed E-state index contributed by atoms with van der Waals surface area (Å²) in [5, 5.41) is 15.9. The summed E-state index contributed by atoms with van der Waals surface area (Å²) in [6.45, 7) is 0. The van der Waals surface area contributed by atoms with Crippen LogP contribution in [0.15, 0.2) is 60.9 Å². The fourth-order valence-corrected chi connectivity index (χ4v) is 3.29. The Morgan fingerprint density at radius 3 is 2.61 bits per heavy atom. The van der Waals surface area contributed by atoms with Gasteiger partial charge in [-0.05, 0) is 36.4 Å². The molecule has 2 N–H and O–H groups in total. The number of ether oxygens (including phenoxy) is 1. The van der Waals surface area contributed by atoms with E-state index in [1.165, 1.54) is 23.0 Å². The van der Waals surface area contributed by atoms with Gasteiger partial charge in [0.25, 0.3) is 5.91 Å². The van der Waals surface area contributed by atoms with Crippen molar-refractivity contribution in [3.8, 4) is 17.0 Å². The van der Waals surface area contributed by atoms with Crippen molar-refractivity contribution < 1.29 is 32.6 Å². The maximum Gasteiger partial charge on any atom is 0.419 e. The van der Waals surface area contributed by atoms with Crippen molar-refractivity contribution in [2.24, 2.45) is 0 Å². The molecule has 0 radical (unpaired) electrons. The molecule has 0 bridgehead atoms. The second-order valence-electron chi connectivity index (χ2n) is 6.88. The SMILES string of the molecule is COc1ccc(C(=O)Nc2cccc(-c3ccnc4c(C(=O)O)cnn34)c2)cc1C(F)(F)F. The maximum absolute atomic E-state index is 13.3. The molecule has 33 heavy (non-hydrogen) atoms. The lowest BCUT2D eigenvalue weighted by Gasteiger charge is -2.14. The van der Waals surface area contributed by atoms with E-state index in [1.54, 1.807) is 30.3 Å². The number of carboxylic acids is 1. The Morgan fingerprint density at radius 2 is 1.91 bits per heavy atom. The number of aromatic nitrogens is 3. The van der Waals surface area contributed by atoms with Crippen LogP contribution < -0.4 is 10.1 Å². The van der Waals surface area contributed by atoms with Crippen molar-refractivity contribution in [3.05, 3.63) is 77.6 Å². The van der Waals surface area contributed by atoms with Crippen LogP contribution in [0.3, 0.4) is 0 Å². The van der Waals surface area contributed by atoms with E-state index in [1.807, 2.05) is 0 Å². The number of methoxy groups -OCH3 is 1. The summed E-state index contributed by atoms with van der Waals surface area (Å²) in [6.07, 6.45) is -2.07. The molecule has 2 heterocycles. The monoisotopic (exact) mass is 456 g/mol. The first-order valence-corrected chi connectivity index (χ1v) is 9.42. The largest absolute Gasteiger partial charge is 0.496 e. The first-order valence-electron chi connectivity index (χ1n) is 9.42. The summed E-state index contributed by atoms with van der Waals surface area (Å²) in [7, 11) is 1.12. The quantitative estimate of drug-likeness (QED) is 0.462. The molecule has 1 amide bonds. The summed E-state index contributed by atoms with van der Waals surface area (Å²) in [4.78, 5) is 28.0. The Labute approximate surface area is 184 Å². The highest BCUT2D eigenvalue weighted by molar-refractivity contribution is 6.04. The minimum absolute atomic E-state index is 0.0683. The predicted octanol–water partition coefficient (Wildman–Crippen LogP) is 4.37. The molecule has 0 fully saturated rings. The van der Waals surface area contributed by atoms with Crippen molar-refractivity contribution in [2.45, 2.75) is 6.18 Å². The molecule has 0 aliphatic carbocycles. The number of alkyl halides is 3. The van der Waals surface area contributed by atoms with Crippen molar-refractivity contribution in [1.82, 2.24) is 14.6 Å². The molecular formula is C22H15F3N4O4. The van der Waals surface area contributed by atoms with E-state index in [-0.39, 0.29) is 22.5 Å². The first kappa shape index (κ1) is 21.8. The highest BCUT2D eigenvalue weighted by Gasteiger charge is 2.35. The van der Waals surface area contributed by atoms with Crippen molar-refractivity contribution >= 4 is 23.2 Å². The minimum Gasteiger partial charge on any atom is -0.496 e. The van der Waals surface area contributed by atoms with Gasteiger partial charge < -0.3 is 15.2 Å². The number of amides is 1. The zero-order valence-corrected chi connectivity index (χ0v) is 16.9. The van der Waals surface area contributed by atoms with Gasteiger partial charge in [-0.1, -0.05) is 12.1 Å². The topological polar surface area (TPSA) is 106 Å². The van der Waals surface area contributed by atoms with E-state index in [2.05, 4.69) is 15.4 Å². The number of aromatic carboxylic acids is 1. The standard InChI is InChI=1S/C22H15F3N4O4/c1-33-18-6-5-13(10-16(18)22(23,24)25)20(30)28-14-4-2-3-12(9-14)17-7-8-26-19-15(21(31)32)11-27-29(17)19/h2-11H,1H3,(H,28,30)(H,31,32). The van der Waals surface area contributed by atoms with E-state index in [4.69, 9.17) is 4.74 Å². The summed E-state index contributed by atoms with van der Waals surface area (Å²) >= 11 is 0. The molecule has 2 aromatic carbocycles. The second kappa shape index (κ2) is 8.26. The van der Waals surface area contributed by atoms with Crippen LogP contribution in [0, 0.1) is 0 Å². The smallest absolute Gasteiger partial charge is 0.419 e. The molecule has 0 aliphatic rings. The van der Waals surface area contributed by atoms with Gasteiger partial charge in [0.05, 0.1) is 24.6 Å². The predicted molar refractivity (Wildman–Crippen MR) is 111 cm³/mol. The van der Waals surface area contributed by atoms with Gasteiger partial charge in [-0.25, -0.2) is 14.3 Å². The fraction of sp³-hybridized carbons (Fsp3) is 0.0909. The van der Waals surface area contributed by atoms with Gasteiger partial charge in [0.1, 0.15) is 11.3 Å². The average molecular weight is 456 g/mol. The number of anilines is 1. The summed E-state index contributed by atoms with van der Waals surface area (Å²) in [5.41, 5.74) is 0.223. The van der Waals surface area contributed by atoms with Crippen molar-refractivity contribution in [3.63, 3.8) is 0 Å². The number of nitrogens with one attached hydrogen (secondary N) is 1. The van der Waals surface area contributed by atoms with Gasteiger partial charge in [0.2, 0.25) is 0 Å². The third-order valence-electron chi connectivity index (χ3n) is 4.81. The molecule has 0 spiro atoms. The molecule has 8 nitrogen and oxygen atoms in total. The molecule has 11 heteroatoms. The van der Waals surface area contributed by atoms with Gasteiger partial charge in [-0.3, -0.25) is 4.79 Å². The fourth-order valence-electron chi connectivity index (χ4n) is 3.29. The van der Waals surface area contributed by atoms with Crippen LogP contribution in [-0.4, -0.2) is 38.7 Å². The number of carbonyl (C=O) groups excluding carboxylic acids is 1. The minimum atomic E-state index is -4.69. The summed E-state index contributed by atoms with van der Waals surface area (Å²) in [5.74, 6) is -2.30. The Bertz CT molecular complexity index is 1380. The molecule has 168 valence electrons. The van der Waals surface area contributed by atoms with Crippen LogP contribution in [0.2, 0.25) is 0 Å². The number of halogens is 3. The second-order valence-corrected chi connectivity index (χ2v) is 6.88. The lowest BCUT2D eigenvalue weighted by Crippen LogP contribution is -2.15. The number of hydrogen-bond acceptors (Lipinski definition) is 5. The number of fused-ring (bicyclic) bond motifs is 1. The molecule has 0 saturated carbocycles. The van der Waals surface area contributed by atoms with E-state index in [0.717, 1.165) is 19.2 Å². The van der Waals surface area contributed by atoms with Gasteiger partial charge in [-0.2, -0.15) is 18.3 Å². The van der Waals surface area contributed by atoms with Crippen LogP contribution in [0.1, 0.15) is 26.3 Å². The van der Waals surface area contributed by atoms with E-state index in [9.17, 15) is 27.9 Å². The molecule has 0 unspecified atom stereocenters. The number of benzene rings is 2. The van der Waals surface area contributed by atoms with E-state index in [0.29, 0.717) is 16.9 Å². The number of hydrogen-bond donors (Lipinski definition) is 2. The summed E-state index contributed by atoms with van der Waals surface area (Å²) in [6, 6.07) is 11.2. The lowest BCUT2D eigenvalue weighted by molar-refractivity contribution is -0.138.